The van der Waals surface area contributed by atoms with Crippen molar-refractivity contribution in [1.82, 2.24) is 19.1 Å². The minimum absolute atomic E-state index is 0.315. The molecule has 11 nitrogen and oxygen atoms in total. The summed E-state index contributed by atoms with van der Waals surface area (Å²) in [6.45, 7) is -0.238. The molecule has 0 amide bonds. The van der Waals surface area contributed by atoms with Gasteiger partial charge in [0.15, 0.2) is 24.2 Å². The maximum Gasteiger partial charge on any atom is 0.406 e. The highest BCUT2D eigenvalue weighted by atomic mass is 19.4. The molecule has 3 rings (SSSR count). The van der Waals surface area contributed by atoms with Crippen molar-refractivity contribution < 1.29 is 41.4 Å². The third kappa shape index (κ3) is 4.60. The van der Waals surface area contributed by atoms with E-state index >= 15 is 0 Å². The number of carbonyl (C=O) groups excluding carboxylic acids is 2. The van der Waals surface area contributed by atoms with Crippen LogP contribution in [-0.4, -0.2) is 62.2 Å². The Labute approximate surface area is 170 Å². The van der Waals surface area contributed by atoms with Crippen LogP contribution in [0.5, 0.6) is 0 Å². The molecular weight excluding hydrogens is 434 g/mol. The van der Waals surface area contributed by atoms with E-state index in [4.69, 9.17) is 19.9 Å². The van der Waals surface area contributed by atoms with Crippen LogP contribution in [0.1, 0.15) is 20.1 Å². The number of nitrogens with two attached hydrogens (primary N) is 1. The maximum atomic E-state index is 14.9. The summed E-state index contributed by atoms with van der Waals surface area (Å²) < 4.78 is 70.0. The van der Waals surface area contributed by atoms with E-state index in [1.54, 1.807) is 0 Å². The third-order valence-corrected chi connectivity index (χ3v) is 4.33. The van der Waals surface area contributed by atoms with Crippen LogP contribution >= 0.6 is 0 Å². The van der Waals surface area contributed by atoms with Gasteiger partial charge in [-0.2, -0.15) is 18.2 Å². The maximum absolute atomic E-state index is 14.9. The quantitative estimate of drug-likeness (QED) is 0.507. The van der Waals surface area contributed by atoms with Crippen LogP contribution < -0.4 is 11.4 Å². The number of halogens is 4. The predicted octanol–water partition coefficient (Wildman–Crippen LogP) is 0.468. The van der Waals surface area contributed by atoms with E-state index in [2.05, 4.69) is 9.97 Å². The Hall–Kier alpha value is -3.23. The molecule has 0 aromatic carbocycles. The molecule has 31 heavy (non-hydrogen) atoms. The van der Waals surface area contributed by atoms with Crippen LogP contribution in [0.25, 0.3) is 11.2 Å². The minimum atomic E-state index is -4.78. The fourth-order valence-corrected chi connectivity index (χ4v) is 3.19. The average molecular weight is 451 g/mol. The number of hydrogen-bond donors (Lipinski definition) is 1. The fourth-order valence-electron chi connectivity index (χ4n) is 3.19. The number of nitrogens with zero attached hydrogens (tertiary/aromatic N) is 4. The second-order valence-corrected chi connectivity index (χ2v) is 6.68. The Morgan fingerprint density at radius 3 is 2.55 bits per heavy atom. The molecule has 1 saturated heterocycles. The highest BCUT2D eigenvalue weighted by molar-refractivity contribution is 5.72. The number of alkyl halides is 4. The number of ether oxygens (including phenoxy) is 3. The van der Waals surface area contributed by atoms with Gasteiger partial charge in [-0.1, -0.05) is 0 Å². The van der Waals surface area contributed by atoms with Crippen LogP contribution in [0.4, 0.5) is 23.5 Å². The number of carbonyl (C=O) groups is 2. The molecule has 0 saturated carbocycles. The van der Waals surface area contributed by atoms with Gasteiger partial charge in [-0.15, -0.1) is 0 Å². The van der Waals surface area contributed by atoms with E-state index in [1.807, 2.05) is 0 Å². The van der Waals surface area contributed by atoms with E-state index in [-0.39, 0.29) is 17.1 Å². The van der Waals surface area contributed by atoms with Gasteiger partial charge in [-0.25, -0.2) is 18.7 Å². The zero-order valence-electron chi connectivity index (χ0n) is 16.1. The summed E-state index contributed by atoms with van der Waals surface area (Å²) >= 11 is 0. The molecule has 4 atom stereocenters. The molecule has 0 radical (unpaired) electrons. The standard InChI is InChI=1S/C16H17F4N5O6/c1-6(26)29-4-9-10(17)11(30-7(2)27)13(31-9)25-12-8(3-22-14(21)23-12)24(15(25)28)5-16(18,19)20/h3,9-11,13H,4-5H2,1-2H3,(H2,21,22,23)/t9-,10-,11-,13-/m1/s1. The predicted molar refractivity (Wildman–Crippen MR) is 93.2 cm³/mol. The van der Waals surface area contributed by atoms with Gasteiger partial charge in [0.25, 0.3) is 0 Å². The average Bonchev–Trinajstić information content (AvgIpc) is 3.06. The number of aromatic nitrogens is 4. The molecular formula is C16H17F4N5O6. The topological polar surface area (TPSA) is 141 Å². The molecule has 3 heterocycles. The van der Waals surface area contributed by atoms with Crippen molar-refractivity contribution in [2.45, 2.75) is 51.2 Å². The summed E-state index contributed by atoms with van der Waals surface area (Å²) in [5.41, 5.74) is 3.50. The van der Waals surface area contributed by atoms with Crippen LogP contribution in [0, 0.1) is 0 Å². The SMILES string of the molecule is CC(=O)OC[C@H]1O[C@@H](n2c(=O)n(CC(F)(F)F)c3cnc(N)nc32)[C@H](OC(C)=O)[C@@H]1F. The zero-order chi connectivity index (χ0) is 23.1. The zero-order valence-corrected chi connectivity index (χ0v) is 16.1. The van der Waals surface area contributed by atoms with E-state index in [0.717, 1.165) is 20.0 Å². The first kappa shape index (κ1) is 22.5. The van der Waals surface area contributed by atoms with Gasteiger partial charge in [-0.3, -0.25) is 14.2 Å². The first-order valence-corrected chi connectivity index (χ1v) is 8.79. The summed E-state index contributed by atoms with van der Waals surface area (Å²) in [7, 11) is 0. The summed E-state index contributed by atoms with van der Waals surface area (Å²) in [6.07, 6.45) is -10.9. The lowest BCUT2D eigenvalue weighted by molar-refractivity contribution is -0.154. The summed E-state index contributed by atoms with van der Waals surface area (Å²) in [6, 6.07) is 0. The number of anilines is 1. The van der Waals surface area contributed by atoms with Crippen molar-refractivity contribution in [2.75, 3.05) is 12.3 Å². The van der Waals surface area contributed by atoms with Crippen molar-refractivity contribution in [3.05, 3.63) is 16.7 Å². The molecule has 170 valence electrons. The molecule has 15 heteroatoms. The smallest absolute Gasteiger partial charge is 0.406 e. The monoisotopic (exact) mass is 451 g/mol. The van der Waals surface area contributed by atoms with Crippen LogP contribution in [0.15, 0.2) is 11.0 Å². The Kier molecular flexibility index (Phi) is 5.89. The lowest BCUT2D eigenvalue weighted by Gasteiger charge is -2.19. The van der Waals surface area contributed by atoms with Crippen molar-refractivity contribution >= 4 is 29.1 Å². The lowest BCUT2D eigenvalue weighted by Crippen LogP contribution is -2.38. The van der Waals surface area contributed by atoms with Gasteiger partial charge in [0, 0.05) is 13.8 Å². The molecule has 2 aromatic rings. The number of hydrogen-bond acceptors (Lipinski definition) is 9. The van der Waals surface area contributed by atoms with Gasteiger partial charge in [0.1, 0.15) is 24.8 Å². The molecule has 1 fully saturated rings. The first-order chi connectivity index (χ1) is 14.4. The number of esters is 2. The van der Waals surface area contributed by atoms with E-state index in [1.165, 1.54) is 0 Å². The van der Waals surface area contributed by atoms with Crippen molar-refractivity contribution in [3.8, 4) is 0 Å². The summed E-state index contributed by atoms with van der Waals surface area (Å²) in [5.74, 6) is -2.06. The number of imidazole rings is 1. The molecule has 0 bridgehead atoms. The van der Waals surface area contributed by atoms with Crippen molar-refractivity contribution in [3.63, 3.8) is 0 Å². The fraction of sp³-hybridized carbons (Fsp3) is 0.562. The Balaban J connectivity index is 2.14. The van der Waals surface area contributed by atoms with Crippen molar-refractivity contribution in [1.29, 1.82) is 0 Å². The van der Waals surface area contributed by atoms with E-state index in [9.17, 15) is 31.9 Å². The second-order valence-electron chi connectivity index (χ2n) is 6.68. The van der Waals surface area contributed by atoms with Gasteiger partial charge < -0.3 is 19.9 Å². The number of rotatable bonds is 5. The molecule has 0 aliphatic carbocycles. The normalized spacial score (nSPS) is 23.8. The highest BCUT2D eigenvalue weighted by Crippen LogP contribution is 2.35. The van der Waals surface area contributed by atoms with Crippen LogP contribution in [0.2, 0.25) is 0 Å². The molecule has 0 spiro atoms. The molecule has 2 N–H and O–H groups in total. The lowest BCUT2D eigenvalue weighted by atomic mass is 10.1. The van der Waals surface area contributed by atoms with Crippen LogP contribution in [0.3, 0.4) is 0 Å². The molecule has 2 aromatic heterocycles. The van der Waals surface area contributed by atoms with E-state index in [0.29, 0.717) is 9.13 Å². The molecule has 0 unspecified atom stereocenters. The van der Waals surface area contributed by atoms with Crippen molar-refractivity contribution in [2.24, 2.45) is 0 Å². The number of fused-ring (bicyclic) bond motifs is 1. The Morgan fingerprint density at radius 1 is 1.29 bits per heavy atom. The van der Waals surface area contributed by atoms with Gasteiger partial charge in [0.05, 0.1) is 6.20 Å². The number of nitrogen functional groups attached to an aromatic ring is 1. The second kappa shape index (κ2) is 8.13. The first-order valence-electron chi connectivity index (χ1n) is 8.79. The van der Waals surface area contributed by atoms with Crippen LogP contribution in [-0.2, 0) is 30.3 Å². The van der Waals surface area contributed by atoms with E-state index < -0.39 is 61.6 Å². The molecule has 1 aliphatic heterocycles. The summed E-state index contributed by atoms with van der Waals surface area (Å²) in [4.78, 5) is 42.8. The minimum Gasteiger partial charge on any atom is -0.463 e. The van der Waals surface area contributed by atoms with Gasteiger partial charge in [0.2, 0.25) is 5.95 Å². The summed E-state index contributed by atoms with van der Waals surface area (Å²) in [5, 5.41) is 0. The largest absolute Gasteiger partial charge is 0.463 e. The Bertz CT molecular complexity index is 1070. The van der Waals surface area contributed by atoms with Gasteiger partial charge in [-0.05, 0) is 0 Å². The molecule has 1 aliphatic rings. The van der Waals surface area contributed by atoms with Gasteiger partial charge >= 0.3 is 23.8 Å². The third-order valence-electron chi connectivity index (χ3n) is 4.33. The highest BCUT2D eigenvalue weighted by Gasteiger charge is 2.50. The Morgan fingerprint density at radius 2 is 1.97 bits per heavy atom.